The molecular weight excluding hydrogens is 266 g/mol. The maximum atomic E-state index is 11.4. The number of halogens is 1. The molecule has 0 aliphatic carbocycles. The van der Waals surface area contributed by atoms with Crippen LogP contribution in [0.1, 0.15) is 29.3 Å². The van der Waals surface area contributed by atoms with Gasteiger partial charge in [0.05, 0.1) is 17.7 Å². The Labute approximate surface area is 117 Å². The Morgan fingerprint density at radius 3 is 2.79 bits per heavy atom. The number of ether oxygens (including phenoxy) is 1. The Morgan fingerprint density at radius 2 is 2.16 bits per heavy atom. The van der Waals surface area contributed by atoms with E-state index in [-0.39, 0.29) is 11.5 Å². The Hall–Kier alpha value is -1.99. The number of amides is 1. The van der Waals surface area contributed by atoms with E-state index in [0.29, 0.717) is 23.6 Å². The Bertz CT molecular complexity index is 543. The largest absolute Gasteiger partial charge is 0.465 e. The minimum Gasteiger partial charge on any atom is -0.465 e. The summed E-state index contributed by atoms with van der Waals surface area (Å²) in [5, 5.41) is 2.97. The summed E-state index contributed by atoms with van der Waals surface area (Å²) in [4.78, 5) is 22.1. The van der Waals surface area contributed by atoms with Crippen molar-refractivity contribution in [1.29, 1.82) is 0 Å². The first-order valence-electron chi connectivity index (χ1n) is 5.65. The average molecular weight is 280 g/mol. The maximum absolute atomic E-state index is 11.4. The number of hydrogen-bond acceptors (Lipinski definition) is 3. The molecule has 1 rings (SSSR count). The van der Waals surface area contributed by atoms with Crippen molar-refractivity contribution in [2.24, 2.45) is 0 Å². The minimum absolute atomic E-state index is 0.0822. The number of carbonyl (C=O) groups excluding carboxylic acids is 2. The molecular formula is C14H14ClNO3. The molecule has 0 radical (unpaired) electrons. The van der Waals surface area contributed by atoms with Crippen molar-refractivity contribution < 1.29 is 14.3 Å². The van der Waals surface area contributed by atoms with Gasteiger partial charge in [-0.1, -0.05) is 23.4 Å². The van der Waals surface area contributed by atoms with E-state index in [1.165, 1.54) is 14.0 Å². The summed E-state index contributed by atoms with van der Waals surface area (Å²) in [5.74, 6) is 5.22. The lowest BCUT2D eigenvalue weighted by Crippen LogP contribution is -2.20. The van der Waals surface area contributed by atoms with E-state index in [1.807, 2.05) is 0 Å². The van der Waals surface area contributed by atoms with Gasteiger partial charge in [0.1, 0.15) is 0 Å². The van der Waals surface area contributed by atoms with Gasteiger partial charge in [0, 0.05) is 25.5 Å². The van der Waals surface area contributed by atoms with Gasteiger partial charge in [0.2, 0.25) is 5.91 Å². The summed E-state index contributed by atoms with van der Waals surface area (Å²) in [7, 11) is 1.30. The van der Waals surface area contributed by atoms with Crippen molar-refractivity contribution in [3.63, 3.8) is 0 Å². The molecule has 19 heavy (non-hydrogen) atoms. The molecule has 0 atom stereocenters. The van der Waals surface area contributed by atoms with E-state index in [1.54, 1.807) is 18.2 Å². The summed E-state index contributed by atoms with van der Waals surface area (Å²) >= 11 is 5.89. The molecule has 0 bridgehead atoms. The third-order valence-corrected chi connectivity index (χ3v) is 2.56. The zero-order chi connectivity index (χ0) is 14.3. The first kappa shape index (κ1) is 15.1. The summed E-state index contributed by atoms with van der Waals surface area (Å²) < 4.78 is 4.62. The van der Waals surface area contributed by atoms with Gasteiger partial charge in [-0.2, -0.15) is 0 Å². The first-order chi connectivity index (χ1) is 9.04. The number of methoxy groups -OCH3 is 1. The fraction of sp³-hybridized carbons (Fsp3) is 0.286. The van der Waals surface area contributed by atoms with Gasteiger partial charge in [-0.3, -0.25) is 4.79 Å². The maximum Gasteiger partial charge on any atom is 0.339 e. The highest BCUT2D eigenvalue weighted by molar-refractivity contribution is 6.33. The van der Waals surface area contributed by atoms with Gasteiger partial charge >= 0.3 is 5.97 Å². The van der Waals surface area contributed by atoms with Gasteiger partial charge in [0.25, 0.3) is 0 Å². The summed E-state index contributed by atoms with van der Waals surface area (Å²) in [6.45, 7) is 1.95. The lowest BCUT2D eigenvalue weighted by molar-refractivity contribution is -0.118. The first-order valence-corrected chi connectivity index (χ1v) is 6.03. The van der Waals surface area contributed by atoms with Gasteiger partial charge in [0.15, 0.2) is 0 Å². The molecule has 1 aromatic rings. The van der Waals surface area contributed by atoms with E-state index in [4.69, 9.17) is 11.6 Å². The molecule has 0 aromatic heterocycles. The van der Waals surface area contributed by atoms with Crippen LogP contribution in [0.3, 0.4) is 0 Å². The van der Waals surface area contributed by atoms with Crippen molar-refractivity contribution in [2.45, 2.75) is 13.3 Å². The lowest BCUT2D eigenvalue weighted by Gasteiger charge is -2.02. The second kappa shape index (κ2) is 7.45. The van der Waals surface area contributed by atoms with Crippen LogP contribution in [0, 0.1) is 11.8 Å². The predicted octanol–water partition coefficient (Wildman–Crippen LogP) is 2.00. The second-order valence-corrected chi connectivity index (χ2v) is 4.13. The molecule has 1 amide bonds. The van der Waals surface area contributed by atoms with Crippen LogP contribution in [0.15, 0.2) is 18.2 Å². The highest BCUT2D eigenvalue weighted by Gasteiger charge is 2.10. The molecule has 0 saturated heterocycles. The molecule has 5 heteroatoms. The number of hydrogen-bond donors (Lipinski definition) is 1. The average Bonchev–Trinajstić information content (AvgIpc) is 2.39. The van der Waals surface area contributed by atoms with E-state index >= 15 is 0 Å². The van der Waals surface area contributed by atoms with Crippen LogP contribution in [0.25, 0.3) is 0 Å². The van der Waals surface area contributed by atoms with Gasteiger partial charge in [-0.05, 0) is 18.2 Å². The quantitative estimate of drug-likeness (QED) is 0.523. The fourth-order valence-corrected chi connectivity index (χ4v) is 1.53. The number of nitrogens with one attached hydrogen (secondary N) is 1. The number of benzene rings is 1. The third kappa shape index (κ3) is 5.02. The molecule has 0 spiro atoms. The standard InChI is InChI=1S/C14H14ClNO3/c1-10(17)16-8-4-3-5-11-6-7-13(15)12(9-11)14(18)19-2/h6-7,9H,4,8H2,1-2H3,(H,16,17). The normalized spacial score (nSPS) is 9.21. The SMILES string of the molecule is COC(=O)c1cc(C#CCCNC(C)=O)ccc1Cl. The minimum atomic E-state index is -0.494. The van der Waals surface area contributed by atoms with Crippen molar-refractivity contribution >= 4 is 23.5 Å². The highest BCUT2D eigenvalue weighted by atomic mass is 35.5. The molecule has 1 aromatic carbocycles. The topological polar surface area (TPSA) is 55.4 Å². The molecule has 0 aliphatic heterocycles. The lowest BCUT2D eigenvalue weighted by atomic mass is 10.1. The molecule has 0 fully saturated rings. The Balaban J connectivity index is 2.72. The molecule has 4 nitrogen and oxygen atoms in total. The number of esters is 1. The van der Waals surface area contributed by atoms with Crippen LogP contribution in [-0.4, -0.2) is 25.5 Å². The van der Waals surface area contributed by atoms with Crippen LogP contribution >= 0.6 is 11.6 Å². The zero-order valence-corrected chi connectivity index (χ0v) is 11.5. The van der Waals surface area contributed by atoms with E-state index in [9.17, 15) is 9.59 Å². The van der Waals surface area contributed by atoms with Crippen LogP contribution in [0.4, 0.5) is 0 Å². The summed E-state index contributed by atoms with van der Waals surface area (Å²) in [5.41, 5.74) is 0.963. The van der Waals surface area contributed by atoms with Crippen molar-refractivity contribution in [1.82, 2.24) is 5.32 Å². The molecule has 0 heterocycles. The predicted molar refractivity (Wildman–Crippen MR) is 73.0 cm³/mol. The molecule has 1 N–H and O–H groups in total. The summed E-state index contributed by atoms with van der Waals surface area (Å²) in [6, 6.07) is 4.91. The Morgan fingerprint density at radius 1 is 1.42 bits per heavy atom. The van der Waals surface area contributed by atoms with Crippen LogP contribution in [0.5, 0.6) is 0 Å². The van der Waals surface area contributed by atoms with Crippen LogP contribution in [-0.2, 0) is 9.53 Å². The highest BCUT2D eigenvalue weighted by Crippen LogP contribution is 2.18. The molecule has 100 valence electrons. The zero-order valence-electron chi connectivity index (χ0n) is 10.7. The number of carbonyl (C=O) groups is 2. The van der Waals surface area contributed by atoms with E-state index in [2.05, 4.69) is 21.9 Å². The number of rotatable bonds is 3. The Kier molecular flexibility index (Phi) is 5.91. The van der Waals surface area contributed by atoms with E-state index < -0.39 is 5.97 Å². The van der Waals surface area contributed by atoms with Gasteiger partial charge < -0.3 is 10.1 Å². The third-order valence-electron chi connectivity index (χ3n) is 2.23. The van der Waals surface area contributed by atoms with Gasteiger partial charge in [-0.25, -0.2) is 4.79 Å². The molecule has 0 aliphatic rings. The fourth-order valence-electron chi connectivity index (χ4n) is 1.34. The van der Waals surface area contributed by atoms with E-state index in [0.717, 1.165) is 0 Å². The van der Waals surface area contributed by atoms with Gasteiger partial charge in [-0.15, -0.1) is 0 Å². The molecule has 0 saturated carbocycles. The van der Waals surface area contributed by atoms with Crippen molar-refractivity contribution in [2.75, 3.05) is 13.7 Å². The smallest absolute Gasteiger partial charge is 0.339 e. The monoisotopic (exact) mass is 279 g/mol. The van der Waals surface area contributed by atoms with Crippen LogP contribution in [0.2, 0.25) is 5.02 Å². The molecule has 0 unspecified atom stereocenters. The second-order valence-electron chi connectivity index (χ2n) is 3.72. The van der Waals surface area contributed by atoms with Crippen molar-refractivity contribution in [3.05, 3.63) is 34.3 Å². The summed E-state index contributed by atoms with van der Waals surface area (Å²) in [6.07, 6.45) is 0.537. The van der Waals surface area contributed by atoms with Crippen molar-refractivity contribution in [3.8, 4) is 11.8 Å². The van der Waals surface area contributed by atoms with Crippen LogP contribution < -0.4 is 5.32 Å².